The summed E-state index contributed by atoms with van der Waals surface area (Å²) in [5, 5.41) is 7.79. The number of benzene rings is 2. The first-order chi connectivity index (χ1) is 15.1. The highest BCUT2D eigenvalue weighted by Gasteiger charge is 2.17. The summed E-state index contributed by atoms with van der Waals surface area (Å²) in [6.07, 6.45) is 4.93. The fourth-order valence-corrected chi connectivity index (χ4v) is 4.41. The third kappa shape index (κ3) is 7.63. The molecule has 12 heteroatoms. The molecule has 0 saturated carbocycles. The Morgan fingerprint density at radius 3 is 2.12 bits per heavy atom. The smallest absolute Gasteiger partial charge is 0.317 e. The van der Waals surface area contributed by atoms with Crippen LogP contribution in [0.3, 0.4) is 0 Å². The van der Waals surface area contributed by atoms with Gasteiger partial charge in [0.1, 0.15) is 9.79 Å². The van der Waals surface area contributed by atoms with Gasteiger partial charge in [-0.05, 0) is 54.0 Å². The molecule has 32 heavy (non-hydrogen) atoms. The third-order valence-electron chi connectivity index (χ3n) is 4.22. The Morgan fingerprint density at radius 2 is 1.56 bits per heavy atom. The van der Waals surface area contributed by atoms with Crippen LogP contribution in [0.4, 0.5) is 11.4 Å². The van der Waals surface area contributed by atoms with Gasteiger partial charge in [0.2, 0.25) is 12.2 Å². The fourth-order valence-electron chi connectivity index (χ4n) is 2.75. The highest BCUT2D eigenvalue weighted by molar-refractivity contribution is 7.86. The molecule has 0 aliphatic carbocycles. The molecule has 3 N–H and O–H groups in total. The number of nitrogens with zero attached hydrogens (tertiary/aromatic N) is 1. The minimum atomic E-state index is -4.60. The second kappa shape index (κ2) is 11.5. The Labute approximate surface area is 197 Å². The third-order valence-corrected chi connectivity index (χ3v) is 6.33. The van der Waals surface area contributed by atoms with Gasteiger partial charge in [0, 0.05) is 18.7 Å². The minimum absolute atomic E-state index is 0.0784. The molecule has 0 fully saturated rings. The summed E-state index contributed by atoms with van der Waals surface area (Å²) in [4.78, 5) is 2.87. The molecule has 0 bridgehead atoms. The normalized spacial score (nSPS) is 11.7. The molecule has 2 rings (SSSR count). The van der Waals surface area contributed by atoms with E-state index >= 15 is 0 Å². The number of rotatable bonds is 11. The van der Waals surface area contributed by atoms with Gasteiger partial charge in [-0.1, -0.05) is 24.3 Å². The van der Waals surface area contributed by atoms with Gasteiger partial charge in [0.25, 0.3) is 20.2 Å². The van der Waals surface area contributed by atoms with Gasteiger partial charge in [0.05, 0.1) is 10.8 Å². The van der Waals surface area contributed by atoms with Crippen LogP contribution in [0.2, 0.25) is 0 Å². The molecule has 168 valence electrons. The quantitative estimate of drug-likeness (QED) is 0.0992. The van der Waals surface area contributed by atoms with Crippen molar-refractivity contribution in [1.82, 2.24) is 0 Å². The fraction of sp³-hybridized carbons (Fsp3) is 0.200. The lowest BCUT2D eigenvalue weighted by Crippen LogP contribution is -2.05. The van der Waals surface area contributed by atoms with Crippen molar-refractivity contribution in [2.45, 2.75) is 29.1 Å². The number of hydrogen-bond acceptors (Lipinski definition) is 8. The molecule has 8 nitrogen and oxygen atoms in total. The van der Waals surface area contributed by atoms with Gasteiger partial charge in [-0.25, -0.2) is 0 Å². The Bertz CT molecular complexity index is 1280. The van der Waals surface area contributed by atoms with Crippen LogP contribution in [0.25, 0.3) is 12.2 Å². The maximum atomic E-state index is 11.9. The topological polar surface area (TPSA) is 133 Å². The maximum absolute atomic E-state index is 11.9. The van der Waals surface area contributed by atoms with E-state index < -0.39 is 25.1 Å². The molecule has 0 radical (unpaired) electrons. The first kappa shape index (κ1) is 25.9. The summed E-state index contributed by atoms with van der Waals surface area (Å²) < 4.78 is 66.4. The number of anilines is 1. The van der Waals surface area contributed by atoms with Crippen LogP contribution in [0.5, 0.6) is 0 Å². The lowest BCUT2D eigenvalue weighted by molar-refractivity contribution is 0.480. The molecule has 0 unspecified atom stereocenters. The van der Waals surface area contributed by atoms with E-state index in [0.29, 0.717) is 18.7 Å². The van der Waals surface area contributed by atoms with E-state index in [1.807, 2.05) is 0 Å². The van der Waals surface area contributed by atoms with Crippen LogP contribution < -0.4 is 5.32 Å². The number of thiocarbonyl (C=S) groups is 2. The average Bonchev–Trinajstić information content (AvgIpc) is 2.72. The molecule has 0 atom stereocenters. The molecule has 0 aromatic heterocycles. The molecular weight excluding hydrogens is 492 g/mol. The maximum Gasteiger partial charge on any atom is 0.317 e. The molecule has 0 spiro atoms. The second-order valence-corrected chi connectivity index (χ2v) is 9.74. The van der Waals surface area contributed by atoms with Crippen molar-refractivity contribution in [2.75, 3.05) is 11.9 Å². The zero-order valence-electron chi connectivity index (χ0n) is 16.6. The van der Waals surface area contributed by atoms with Crippen molar-refractivity contribution in [3.05, 3.63) is 47.5 Å². The monoisotopic (exact) mass is 511 g/mol. The van der Waals surface area contributed by atoms with E-state index in [9.17, 15) is 25.9 Å². The van der Waals surface area contributed by atoms with Crippen molar-refractivity contribution < 1.29 is 25.9 Å². The van der Waals surface area contributed by atoms with Crippen molar-refractivity contribution in [3.63, 3.8) is 0 Å². The Balaban J connectivity index is 2.40. The summed E-state index contributed by atoms with van der Waals surface area (Å²) in [6.45, 7) is 0.575. The number of unbranched alkanes of at least 4 members (excludes halogenated alkanes) is 2. The van der Waals surface area contributed by atoms with E-state index in [-0.39, 0.29) is 21.7 Å². The number of aliphatic imine (C=N–C) groups is 1. The molecule has 0 heterocycles. The number of nitrogens with one attached hydrogen (secondary N) is 1. The molecular formula is C20H19N2O6S4+. The summed E-state index contributed by atoms with van der Waals surface area (Å²) in [7, 11) is -9.17. The molecule has 2 aromatic rings. The predicted molar refractivity (Wildman–Crippen MR) is 131 cm³/mol. The van der Waals surface area contributed by atoms with Gasteiger partial charge < -0.3 is 5.32 Å². The Hall–Kier alpha value is -2.40. The van der Waals surface area contributed by atoms with Gasteiger partial charge >= 0.3 is 5.37 Å². The van der Waals surface area contributed by atoms with Crippen LogP contribution in [0, 0.1) is 0 Å². The van der Waals surface area contributed by atoms with Crippen molar-refractivity contribution >= 4 is 78.7 Å². The van der Waals surface area contributed by atoms with Crippen molar-refractivity contribution in [1.29, 1.82) is 0 Å². The molecule has 0 aliphatic rings. The SMILES string of the molecule is O=S(=O)(O)c1cc(N=C=S)ccc1/C=C/c1ccc(NCCCC[C+]=S)cc1S(=O)(=O)O. The van der Waals surface area contributed by atoms with Crippen LogP contribution in [0.15, 0.2) is 51.2 Å². The number of isothiocyanates is 1. The van der Waals surface area contributed by atoms with E-state index in [2.05, 4.69) is 45.3 Å². The van der Waals surface area contributed by atoms with Gasteiger partial charge in [-0.2, -0.15) is 21.8 Å². The zero-order chi connectivity index (χ0) is 23.8. The summed E-state index contributed by atoms with van der Waals surface area (Å²) >= 11 is 9.13. The van der Waals surface area contributed by atoms with E-state index in [0.717, 1.165) is 18.9 Å². The minimum Gasteiger partial charge on any atom is -0.385 e. The van der Waals surface area contributed by atoms with E-state index in [1.165, 1.54) is 36.4 Å². The van der Waals surface area contributed by atoms with Crippen molar-refractivity contribution in [2.24, 2.45) is 4.99 Å². The van der Waals surface area contributed by atoms with Gasteiger partial charge in [-0.3, -0.25) is 9.11 Å². The molecule has 2 aromatic carbocycles. The van der Waals surface area contributed by atoms with Gasteiger partial charge in [-0.15, -0.1) is 0 Å². The average molecular weight is 512 g/mol. The summed E-state index contributed by atoms with van der Waals surface area (Å²) in [5.41, 5.74) is 0.856. The second-order valence-electron chi connectivity index (χ2n) is 6.49. The molecule has 0 aliphatic heterocycles. The highest BCUT2D eigenvalue weighted by Crippen LogP contribution is 2.27. The zero-order valence-corrected chi connectivity index (χ0v) is 19.8. The molecule has 0 amide bonds. The Morgan fingerprint density at radius 1 is 0.969 bits per heavy atom. The lowest BCUT2D eigenvalue weighted by atomic mass is 10.1. The van der Waals surface area contributed by atoms with Crippen LogP contribution in [-0.4, -0.2) is 43.0 Å². The van der Waals surface area contributed by atoms with Crippen molar-refractivity contribution in [3.8, 4) is 0 Å². The predicted octanol–water partition coefficient (Wildman–Crippen LogP) is 4.54. The van der Waals surface area contributed by atoms with Gasteiger partial charge in [0.15, 0.2) is 6.42 Å². The molecule has 0 saturated heterocycles. The summed E-state index contributed by atoms with van der Waals surface area (Å²) in [5.74, 6) is 0. The first-order valence-corrected chi connectivity index (χ1v) is 12.8. The van der Waals surface area contributed by atoms with Crippen LogP contribution >= 0.6 is 24.4 Å². The summed E-state index contributed by atoms with van der Waals surface area (Å²) in [6, 6.07) is 8.29. The van der Waals surface area contributed by atoms with Crippen LogP contribution in [-0.2, 0) is 20.2 Å². The lowest BCUT2D eigenvalue weighted by Gasteiger charge is -2.10. The first-order valence-electron chi connectivity index (χ1n) is 9.14. The largest absolute Gasteiger partial charge is 0.385 e. The standard InChI is InChI=1S/C20H18N2O6S4/c23-31(24,25)19-12-17(21-10-2-1-3-11-29)8-6-15(19)4-5-16-7-9-18(22-14-30)13-20(16)32(26,27)28/h4-9,12-13,21H,1-3,10H2,(H-,23,24,25,26,27,28)/p+1/b5-4+. The van der Waals surface area contributed by atoms with E-state index in [4.69, 9.17) is 0 Å². The highest BCUT2D eigenvalue weighted by atomic mass is 32.2. The van der Waals surface area contributed by atoms with Crippen LogP contribution in [0.1, 0.15) is 30.4 Å². The Kier molecular flexibility index (Phi) is 9.26. The van der Waals surface area contributed by atoms with E-state index in [1.54, 1.807) is 6.07 Å². The number of hydrogen-bond donors (Lipinski definition) is 3.